The standard InChI is InChI=1S/C26H25BFNO6/c1-15-20(7-5-19(30)8-17-13-29-35-14-17)23-12-18(28)4-6-21(23)22(15)9-16-10-24(33-2)26(27(31)32)25(11-16)34-3/h4,6,9-14,31-32H,5,7-8H2,1-3H3/b22-9-. The number of ketones is 1. The van der Waals surface area contributed by atoms with Gasteiger partial charge in [0.15, 0.2) is 0 Å². The van der Waals surface area contributed by atoms with Gasteiger partial charge >= 0.3 is 7.12 Å². The number of hydrogen-bond donors (Lipinski definition) is 2. The number of nitrogens with zero attached hydrogens (tertiary/aromatic N) is 1. The summed E-state index contributed by atoms with van der Waals surface area (Å²) in [5.74, 6) is 0.224. The molecule has 1 aliphatic rings. The Morgan fingerprint density at radius 2 is 1.86 bits per heavy atom. The first-order chi connectivity index (χ1) is 16.8. The lowest BCUT2D eigenvalue weighted by Gasteiger charge is -2.14. The largest absolute Gasteiger partial charge is 0.497 e. The summed E-state index contributed by atoms with van der Waals surface area (Å²) in [4.78, 5) is 12.5. The summed E-state index contributed by atoms with van der Waals surface area (Å²) >= 11 is 0. The Balaban J connectivity index is 1.71. The van der Waals surface area contributed by atoms with Crippen molar-refractivity contribution in [2.24, 2.45) is 0 Å². The number of fused-ring (bicyclic) bond motifs is 1. The lowest BCUT2D eigenvalue weighted by atomic mass is 9.78. The summed E-state index contributed by atoms with van der Waals surface area (Å²) in [6.45, 7) is 1.95. The van der Waals surface area contributed by atoms with Gasteiger partial charge in [-0.2, -0.15) is 0 Å². The quantitative estimate of drug-likeness (QED) is 0.456. The number of halogens is 1. The van der Waals surface area contributed by atoms with Crippen molar-refractivity contribution >= 4 is 35.6 Å². The molecular formula is C26H25BFNO6. The Morgan fingerprint density at radius 3 is 2.46 bits per heavy atom. The molecule has 0 spiro atoms. The zero-order valence-corrected chi connectivity index (χ0v) is 19.7. The fourth-order valence-electron chi connectivity index (χ4n) is 4.43. The molecular weight excluding hydrogens is 452 g/mol. The van der Waals surface area contributed by atoms with E-state index in [4.69, 9.17) is 14.0 Å². The lowest BCUT2D eigenvalue weighted by Crippen LogP contribution is -2.32. The third-order valence-electron chi connectivity index (χ3n) is 6.13. The van der Waals surface area contributed by atoms with Crippen LogP contribution in [0.5, 0.6) is 11.5 Å². The Morgan fingerprint density at radius 1 is 1.14 bits per heavy atom. The summed E-state index contributed by atoms with van der Waals surface area (Å²) in [5, 5.41) is 23.1. The lowest BCUT2D eigenvalue weighted by molar-refractivity contribution is -0.118. The van der Waals surface area contributed by atoms with Crippen LogP contribution in [0.1, 0.15) is 42.0 Å². The molecule has 0 amide bonds. The Kier molecular flexibility index (Phi) is 7.19. The molecule has 7 nitrogen and oxygen atoms in total. The number of Topliss-reactive ketones (excluding diaryl/α,β-unsaturated/α-hetero) is 1. The van der Waals surface area contributed by atoms with Crippen molar-refractivity contribution in [1.29, 1.82) is 0 Å². The second-order valence-corrected chi connectivity index (χ2v) is 8.31. The van der Waals surface area contributed by atoms with Crippen LogP contribution in [0.25, 0.3) is 17.2 Å². The Bertz CT molecular complexity index is 1290. The molecule has 0 saturated carbocycles. The number of carbonyl (C=O) groups is 1. The van der Waals surface area contributed by atoms with Crippen molar-refractivity contribution in [3.63, 3.8) is 0 Å². The molecule has 3 aromatic rings. The van der Waals surface area contributed by atoms with E-state index in [-0.39, 0.29) is 35.0 Å². The molecule has 0 fully saturated rings. The molecule has 35 heavy (non-hydrogen) atoms. The third-order valence-corrected chi connectivity index (χ3v) is 6.13. The van der Waals surface area contributed by atoms with Crippen molar-refractivity contribution < 1.29 is 33.2 Å². The number of methoxy groups -OCH3 is 2. The van der Waals surface area contributed by atoms with Crippen LogP contribution in [-0.2, 0) is 11.2 Å². The second-order valence-electron chi connectivity index (χ2n) is 8.31. The first-order valence-electron chi connectivity index (χ1n) is 11.1. The molecule has 9 heteroatoms. The normalized spacial score (nSPS) is 13.8. The smallest absolute Gasteiger partial charge is 0.496 e. The Hall–Kier alpha value is -3.69. The van der Waals surface area contributed by atoms with Gasteiger partial charge in [0.2, 0.25) is 0 Å². The van der Waals surface area contributed by atoms with Crippen LogP contribution >= 0.6 is 0 Å². The van der Waals surface area contributed by atoms with Crippen LogP contribution in [0.15, 0.2) is 52.9 Å². The molecule has 1 aromatic heterocycles. The number of carbonyl (C=O) groups excluding carboxylic acids is 1. The van der Waals surface area contributed by atoms with Gasteiger partial charge in [0, 0.05) is 18.4 Å². The molecule has 2 N–H and O–H groups in total. The highest BCUT2D eigenvalue weighted by molar-refractivity contribution is 6.61. The molecule has 0 saturated heterocycles. The molecule has 1 heterocycles. The van der Waals surface area contributed by atoms with E-state index in [0.29, 0.717) is 18.4 Å². The van der Waals surface area contributed by atoms with E-state index in [1.54, 1.807) is 18.2 Å². The predicted molar refractivity (Wildman–Crippen MR) is 131 cm³/mol. The van der Waals surface area contributed by atoms with Crippen molar-refractivity contribution in [3.8, 4) is 11.5 Å². The molecule has 2 aromatic carbocycles. The third kappa shape index (κ3) is 5.06. The highest BCUT2D eigenvalue weighted by atomic mass is 19.1. The van der Waals surface area contributed by atoms with Gasteiger partial charge in [0.05, 0.1) is 25.9 Å². The van der Waals surface area contributed by atoms with Crippen LogP contribution < -0.4 is 14.9 Å². The summed E-state index contributed by atoms with van der Waals surface area (Å²) in [7, 11) is 1.11. The monoisotopic (exact) mass is 477 g/mol. The number of hydrogen-bond acceptors (Lipinski definition) is 7. The molecule has 4 rings (SSSR count). The average Bonchev–Trinajstić information content (AvgIpc) is 3.43. The number of rotatable bonds is 9. The van der Waals surface area contributed by atoms with E-state index in [0.717, 1.165) is 33.4 Å². The molecule has 0 unspecified atom stereocenters. The van der Waals surface area contributed by atoms with Gasteiger partial charge in [-0.05, 0) is 77.1 Å². The van der Waals surface area contributed by atoms with Crippen LogP contribution in [-0.4, -0.2) is 42.3 Å². The first-order valence-corrected chi connectivity index (χ1v) is 11.1. The van der Waals surface area contributed by atoms with E-state index in [1.807, 2.05) is 13.0 Å². The van der Waals surface area contributed by atoms with Gasteiger partial charge in [-0.1, -0.05) is 11.2 Å². The highest BCUT2D eigenvalue weighted by Gasteiger charge is 2.26. The number of aromatic nitrogens is 1. The van der Waals surface area contributed by atoms with Gasteiger partial charge < -0.3 is 24.0 Å². The van der Waals surface area contributed by atoms with Gasteiger partial charge in [-0.15, -0.1) is 0 Å². The average molecular weight is 477 g/mol. The molecule has 0 bridgehead atoms. The van der Waals surface area contributed by atoms with Crippen LogP contribution in [0.2, 0.25) is 0 Å². The minimum atomic E-state index is -1.76. The fraction of sp³-hybridized carbons (Fsp3) is 0.231. The Labute approximate surface area is 202 Å². The molecule has 0 radical (unpaired) electrons. The number of ether oxygens (including phenoxy) is 2. The zero-order chi connectivity index (χ0) is 25.1. The van der Waals surface area contributed by atoms with E-state index in [1.165, 1.54) is 38.8 Å². The van der Waals surface area contributed by atoms with E-state index in [2.05, 4.69) is 5.16 Å². The van der Waals surface area contributed by atoms with Crippen molar-refractivity contribution in [2.45, 2.75) is 26.2 Å². The molecule has 0 atom stereocenters. The van der Waals surface area contributed by atoms with Crippen LogP contribution in [0.4, 0.5) is 4.39 Å². The first kappa shape index (κ1) is 24.4. The maximum Gasteiger partial charge on any atom is 0.496 e. The summed E-state index contributed by atoms with van der Waals surface area (Å²) < 4.78 is 29.7. The van der Waals surface area contributed by atoms with Gasteiger partial charge in [-0.25, -0.2) is 4.39 Å². The van der Waals surface area contributed by atoms with Gasteiger partial charge in [0.1, 0.15) is 29.4 Å². The van der Waals surface area contributed by atoms with Crippen molar-refractivity contribution in [3.05, 3.63) is 76.4 Å². The SMILES string of the molecule is COc1cc(/C=C2/C(C)=C(CCC(=O)Cc3cnoc3)c3cc(F)ccc32)cc(OC)c1B(O)O. The van der Waals surface area contributed by atoms with Gasteiger partial charge in [-0.3, -0.25) is 4.79 Å². The molecule has 180 valence electrons. The van der Waals surface area contributed by atoms with Crippen LogP contribution in [0.3, 0.4) is 0 Å². The summed E-state index contributed by atoms with van der Waals surface area (Å²) in [5.41, 5.74) is 5.89. The molecule has 0 aliphatic heterocycles. The van der Waals surface area contributed by atoms with Crippen LogP contribution in [0, 0.1) is 5.82 Å². The number of allylic oxidation sites excluding steroid dienone is 3. The predicted octanol–water partition coefficient (Wildman–Crippen LogP) is 3.43. The number of benzene rings is 2. The maximum absolute atomic E-state index is 14.2. The van der Waals surface area contributed by atoms with Crippen molar-refractivity contribution in [2.75, 3.05) is 14.2 Å². The van der Waals surface area contributed by atoms with E-state index >= 15 is 0 Å². The molecule has 1 aliphatic carbocycles. The van der Waals surface area contributed by atoms with Crippen molar-refractivity contribution in [1.82, 2.24) is 5.16 Å². The highest BCUT2D eigenvalue weighted by Crippen LogP contribution is 2.44. The zero-order valence-electron chi connectivity index (χ0n) is 19.7. The van der Waals surface area contributed by atoms with E-state index in [9.17, 15) is 19.2 Å². The van der Waals surface area contributed by atoms with E-state index < -0.39 is 7.12 Å². The summed E-state index contributed by atoms with van der Waals surface area (Å²) in [6.07, 6.45) is 5.88. The summed E-state index contributed by atoms with van der Waals surface area (Å²) in [6, 6.07) is 7.99. The minimum Gasteiger partial charge on any atom is -0.497 e. The second kappa shape index (κ2) is 10.3. The minimum absolute atomic E-state index is 0.0384. The maximum atomic E-state index is 14.2. The topological polar surface area (TPSA) is 102 Å². The van der Waals surface area contributed by atoms with Gasteiger partial charge in [0.25, 0.3) is 0 Å². The fourth-order valence-corrected chi connectivity index (χ4v) is 4.43.